The Balaban J connectivity index is 1.74. The molecule has 0 saturated heterocycles. The van der Waals surface area contributed by atoms with Gasteiger partial charge in [-0.25, -0.2) is 0 Å². The number of ether oxygens (including phenoxy) is 2. The van der Waals surface area contributed by atoms with E-state index in [0.29, 0.717) is 19.6 Å². The van der Waals surface area contributed by atoms with Crippen molar-refractivity contribution in [2.45, 2.75) is 26.1 Å². The van der Waals surface area contributed by atoms with Gasteiger partial charge < -0.3 is 14.8 Å². The summed E-state index contributed by atoms with van der Waals surface area (Å²) in [7, 11) is 0. The van der Waals surface area contributed by atoms with E-state index in [2.05, 4.69) is 10.1 Å². The van der Waals surface area contributed by atoms with E-state index in [4.69, 9.17) is 4.74 Å². The monoisotopic (exact) mass is 349 g/mol. The van der Waals surface area contributed by atoms with E-state index < -0.39 is 12.5 Å². The maximum Gasteiger partial charge on any atom is 0.387 e. The molecule has 0 aliphatic heterocycles. The lowest BCUT2D eigenvalue weighted by Gasteiger charge is -2.14. The van der Waals surface area contributed by atoms with Gasteiger partial charge in [0.1, 0.15) is 5.75 Å². The Kier molecular flexibility index (Phi) is 7.35. The van der Waals surface area contributed by atoms with E-state index in [1.54, 1.807) is 6.07 Å². The van der Waals surface area contributed by atoms with E-state index in [1.807, 2.05) is 37.3 Å². The maximum absolute atomic E-state index is 12.4. The number of hydrogen-bond acceptors (Lipinski definition) is 3. The number of carbonyl (C=O) groups is 1. The van der Waals surface area contributed by atoms with Gasteiger partial charge in [-0.2, -0.15) is 8.78 Å². The van der Waals surface area contributed by atoms with Gasteiger partial charge in [-0.3, -0.25) is 4.79 Å². The molecule has 134 valence electrons. The Bertz CT molecular complexity index is 665. The highest BCUT2D eigenvalue weighted by atomic mass is 19.3. The molecule has 1 amide bonds. The average Bonchev–Trinajstić information content (AvgIpc) is 2.61. The molecule has 2 rings (SSSR count). The minimum Gasteiger partial charge on any atom is -0.434 e. The van der Waals surface area contributed by atoms with Crippen molar-refractivity contribution in [3.05, 3.63) is 65.7 Å². The zero-order valence-electron chi connectivity index (χ0n) is 14.0. The second-order valence-electron chi connectivity index (χ2n) is 5.41. The van der Waals surface area contributed by atoms with E-state index in [0.717, 1.165) is 5.56 Å². The predicted octanol–water partition coefficient (Wildman–Crippen LogP) is 4.19. The molecule has 0 bridgehead atoms. The Morgan fingerprint density at radius 3 is 2.48 bits per heavy atom. The van der Waals surface area contributed by atoms with Crippen molar-refractivity contribution in [1.82, 2.24) is 5.32 Å². The standard InChI is InChI=1S/C19H21F2NO3/c1-14(15-8-3-2-4-9-15)24-13-7-12-22-18(23)16-10-5-6-11-17(16)25-19(20)21/h2-6,8-11,14,19H,7,12-13H2,1H3,(H,22,23). The van der Waals surface area contributed by atoms with Crippen LogP contribution in [0.3, 0.4) is 0 Å². The van der Waals surface area contributed by atoms with E-state index in [1.165, 1.54) is 18.2 Å². The van der Waals surface area contributed by atoms with Crippen molar-refractivity contribution in [3.8, 4) is 5.75 Å². The lowest BCUT2D eigenvalue weighted by Crippen LogP contribution is -2.26. The maximum atomic E-state index is 12.4. The van der Waals surface area contributed by atoms with Crippen LogP contribution in [0.1, 0.15) is 35.4 Å². The van der Waals surface area contributed by atoms with Crippen LogP contribution in [0.5, 0.6) is 5.75 Å². The molecular formula is C19H21F2NO3. The van der Waals surface area contributed by atoms with Gasteiger partial charge in [-0.1, -0.05) is 42.5 Å². The molecule has 0 fully saturated rings. The van der Waals surface area contributed by atoms with Crippen LogP contribution < -0.4 is 10.1 Å². The minimum atomic E-state index is -2.97. The highest BCUT2D eigenvalue weighted by Crippen LogP contribution is 2.20. The molecule has 0 heterocycles. The van der Waals surface area contributed by atoms with Crippen LogP contribution in [-0.4, -0.2) is 25.7 Å². The topological polar surface area (TPSA) is 47.6 Å². The number of amides is 1. The molecule has 0 saturated carbocycles. The normalized spacial score (nSPS) is 12.0. The first-order chi connectivity index (χ1) is 12.1. The first-order valence-corrected chi connectivity index (χ1v) is 8.06. The van der Waals surface area contributed by atoms with Gasteiger partial charge in [-0.05, 0) is 31.0 Å². The molecule has 2 aromatic rings. The Morgan fingerprint density at radius 1 is 1.08 bits per heavy atom. The molecule has 0 aliphatic rings. The SMILES string of the molecule is CC(OCCCNC(=O)c1ccccc1OC(F)F)c1ccccc1. The quantitative estimate of drug-likeness (QED) is 0.691. The number of nitrogens with one attached hydrogen (secondary N) is 1. The summed E-state index contributed by atoms with van der Waals surface area (Å²) in [6.45, 7) is -0.150. The summed E-state index contributed by atoms with van der Waals surface area (Å²) in [5, 5.41) is 2.68. The summed E-state index contributed by atoms with van der Waals surface area (Å²) < 4.78 is 34.8. The second kappa shape index (κ2) is 9.74. The highest BCUT2D eigenvalue weighted by molar-refractivity contribution is 5.96. The van der Waals surface area contributed by atoms with Gasteiger partial charge in [-0.15, -0.1) is 0 Å². The van der Waals surface area contributed by atoms with Crippen LogP contribution in [0, 0.1) is 0 Å². The lowest BCUT2D eigenvalue weighted by molar-refractivity contribution is -0.0501. The first-order valence-electron chi connectivity index (χ1n) is 8.06. The van der Waals surface area contributed by atoms with Gasteiger partial charge in [0.2, 0.25) is 0 Å². The van der Waals surface area contributed by atoms with Crippen LogP contribution in [0.15, 0.2) is 54.6 Å². The number of halogens is 2. The van der Waals surface area contributed by atoms with Crippen LogP contribution in [0.25, 0.3) is 0 Å². The molecule has 0 spiro atoms. The van der Waals surface area contributed by atoms with Gasteiger partial charge in [0.15, 0.2) is 0 Å². The minimum absolute atomic E-state index is 0.0305. The average molecular weight is 349 g/mol. The number of para-hydroxylation sites is 1. The molecule has 4 nitrogen and oxygen atoms in total. The summed E-state index contributed by atoms with van der Waals surface area (Å²) in [5.41, 5.74) is 1.17. The fourth-order valence-electron chi connectivity index (χ4n) is 2.30. The van der Waals surface area contributed by atoms with Crippen LogP contribution in [0.2, 0.25) is 0 Å². The molecular weight excluding hydrogens is 328 g/mol. The molecule has 2 aromatic carbocycles. The highest BCUT2D eigenvalue weighted by Gasteiger charge is 2.14. The van der Waals surface area contributed by atoms with E-state index >= 15 is 0 Å². The van der Waals surface area contributed by atoms with Crippen molar-refractivity contribution in [1.29, 1.82) is 0 Å². The second-order valence-corrected chi connectivity index (χ2v) is 5.41. The molecule has 0 aromatic heterocycles. The van der Waals surface area contributed by atoms with Gasteiger partial charge in [0.25, 0.3) is 5.91 Å². The van der Waals surface area contributed by atoms with Crippen LogP contribution in [-0.2, 0) is 4.74 Å². The van der Waals surface area contributed by atoms with Crippen LogP contribution >= 0.6 is 0 Å². The van der Waals surface area contributed by atoms with Crippen molar-refractivity contribution in [2.24, 2.45) is 0 Å². The number of alkyl halides is 2. The van der Waals surface area contributed by atoms with Gasteiger partial charge >= 0.3 is 6.61 Å². The van der Waals surface area contributed by atoms with Crippen molar-refractivity contribution < 1.29 is 23.0 Å². The lowest BCUT2D eigenvalue weighted by atomic mass is 10.1. The molecule has 25 heavy (non-hydrogen) atoms. The predicted molar refractivity (Wildman–Crippen MR) is 90.8 cm³/mol. The fraction of sp³-hybridized carbons (Fsp3) is 0.316. The summed E-state index contributed by atoms with van der Waals surface area (Å²) >= 11 is 0. The smallest absolute Gasteiger partial charge is 0.387 e. The first kappa shape index (κ1) is 18.9. The zero-order valence-corrected chi connectivity index (χ0v) is 14.0. The summed E-state index contributed by atoms with van der Waals surface area (Å²) in [5.74, 6) is -0.587. The Labute approximate surface area is 145 Å². The Hall–Kier alpha value is -2.47. The number of benzene rings is 2. The molecule has 1 unspecified atom stereocenters. The third-order valence-corrected chi connectivity index (χ3v) is 3.59. The van der Waals surface area contributed by atoms with Gasteiger partial charge in [0.05, 0.1) is 11.7 Å². The van der Waals surface area contributed by atoms with Crippen LogP contribution in [0.4, 0.5) is 8.78 Å². The molecule has 1 N–H and O–H groups in total. The number of rotatable bonds is 9. The Morgan fingerprint density at radius 2 is 1.76 bits per heavy atom. The third kappa shape index (κ3) is 6.15. The van der Waals surface area contributed by atoms with Gasteiger partial charge in [0, 0.05) is 13.2 Å². The number of hydrogen-bond donors (Lipinski definition) is 1. The van der Waals surface area contributed by atoms with E-state index in [-0.39, 0.29) is 17.4 Å². The molecule has 6 heteroatoms. The largest absolute Gasteiger partial charge is 0.434 e. The third-order valence-electron chi connectivity index (χ3n) is 3.59. The molecule has 0 radical (unpaired) electrons. The van der Waals surface area contributed by atoms with E-state index in [9.17, 15) is 13.6 Å². The summed E-state index contributed by atoms with van der Waals surface area (Å²) in [4.78, 5) is 12.1. The van der Waals surface area contributed by atoms with Crippen molar-refractivity contribution in [2.75, 3.05) is 13.2 Å². The summed E-state index contributed by atoms with van der Waals surface area (Å²) in [6.07, 6.45) is 0.581. The molecule has 0 aliphatic carbocycles. The summed E-state index contributed by atoms with van der Waals surface area (Å²) in [6, 6.07) is 15.8. The molecule has 1 atom stereocenters. The van der Waals surface area contributed by atoms with Crippen molar-refractivity contribution in [3.63, 3.8) is 0 Å². The van der Waals surface area contributed by atoms with Crippen molar-refractivity contribution >= 4 is 5.91 Å². The number of carbonyl (C=O) groups excluding carboxylic acids is 1. The fourth-order valence-corrected chi connectivity index (χ4v) is 2.30. The zero-order chi connectivity index (χ0) is 18.1.